The molecule has 0 saturated heterocycles. The van der Waals surface area contributed by atoms with Crippen molar-refractivity contribution in [3.63, 3.8) is 0 Å². The average molecular weight is 491 g/mol. The molecule has 35 heavy (non-hydrogen) atoms. The van der Waals surface area contributed by atoms with Crippen LogP contribution in [0.25, 0.3) is 10.9 Å². The van der Waals surface area contributed by atoms with Gasteiger partial charge in [0.2, 0.25) is 0 Å². The third-order valence-electron chi connectivity index (χ3n) is 7.12. The third-order valence-corrected chi connectivity index (χ3v) is 7.98. The molecular weight excluding hydrogens is 456 g/mol. The number of H-pyrrole nitrogens is 1. The second kappa shape index (κ2) is 10.4. The molecule has 0 unspecified atom stereocenters. The highest BCUT2D eigenvalue weighted by Crippen LogP contribution is 2.35. The fraction of sp³-hybridized carbons (Fsp3) is 0.481. The van der Waals surface area contributed by atoms with Gasteiger partial charge in [-0.15, -0.1) is 16.4 Å². The van der Waals surface area contributed by atoms with Crippen LogP contribution in [0.5, 0.6) is 0 Å². The number of hydrogen-bond donors (Lipinski definition) is 1. The van der Waals surface area contributed by atoms with Crippen molar-refractivity contribution in [1.29, 1.82) is 0 Å². The summed E-state index contributed by atoms with van der Waals surface area (Å²) in [5.41, 5.74) is 2.74. The summed E-state index contributed by atoms with van der Waals surface area (Å²) >= 11 is 1.74. The predicted octanol–water partition coefficient (Wildman–Crippen LogP) is 5.79. The van der Waals surface area contributed by atoms with Gasteiger partial charge in [-0.05, 0) is 70.6 Å². The minimum absolute atomic E-state index is 0.0119. The van der Waals surface area contributed by atoms with Gasteiger partial charge in [0.25, 0.3) is 5.56 Å². The number of aryl methyl sites for hydroxylation is 1. The summed E-state index contributed by atoms with van der Waals surface area (Å²) < 4.78 is 2.08. The first-order valence-electron chi connectivity index (χ1n) is 12.7. The number of nitrogens with zero attached hydrogens (tertiary/aromatic N) is 5. The number of aromatic nitrogens is 5. The molecule has 0 bridgehead atoms. The van der Waals surface area contributed by atoms with Gasteiger partial charge in [0, 0.05) is 29.0 Å². The lowest BCUT2D eigenvalue weighted by molar-refractivity contribution is 0.122. The standard InChI is InChI=1S/C27H34N6OS/c1-18(2)25(26-29-30-31-33(26)22-8-5-4-6-9-22)32(17-23-10-7-13-35-23)16-21-15-20-12-11-19(3)14-24(20)28-27(21)34/h7,10-15,18,22,25H,4-6,8-9,16-17H2,1-3H3,(H,28,34)/t25-/m0/s1. The predicted molar refractivity (Wildman–Crippen MR) is 140 cm³/mol. The lowest BCUT2D eigenvalue weighted by Gasteiger charge is -2.34. The maximum absolute atomic E-state index is 13.2. The molecule has 1 aliphatic rings. The Morgan fingerprint density at radius 3 is 2.71 bits per heavy atom. The molecule has 3 aromatic heterocycles. The van der Waals surface area contributed by atoms with Gasteiger partial charge in [-0.2, -0.15) is 0 Å². The topological polar surface area (TPSA) is 79.7 Å². The number of tetrazole rings is 1. The van der Waals surface area contributed by atoms with Crippen molar-refractivity contribution >= 4 is 22.2 Å². The molecule has 1 N–H and O–H groups in total. The van der Waals surface area contributed by atoms with Crippen molar-refractivity contribution in [3.05, 3.63) is 74.0 Å². The molecule has 5 rings (SSSR count). The molecule has 0 radical (unpaired) electrons. The van der Waals surface area contributed by atoms with Crippen molar-refractivity contribution in [2.24, 2.45) is 5.92 Å². The fourth-order valence-corrected chi connectivity index (χ4v) is 6.15. The van der Waals surface area contributed by atoms with Crippen LogP contribution in [0.1, 0.15) is 79.9 Å². The van der Waals surface area contributed by atoms with Crippen molar-refractivity contribution < 1.29 is 0 Å². The van der Waals surface area contributed by atoms with Gasteiger partial charge < -0.3 is 4.98 Å². The highest BCUT2D eigenvalue weighted by molar-refractivity contribution is 7.09. The zero-order valence-corrected chi connectivity index (χ0v) is 21.6. The minimum atomic E-state index is -0.0336. The number of hydrogen-bond acceptors (Lipinski definition) is 6. The van der Waals surface area contributed by atoms with Crippen LogP contribution in [0.15, 0.2) is 46.6 Å². The zero-order chi connectivity index (χ0) is 24.4. The molecular formula is C27H34N6OS. The summed E-state index contributed by atoms with van der Waals surface area (Å²) in [6.07, 6.45) is 5.98. The lowest BCUT2D eigenvalue weighted by atomic mass is 9.94. The van der Waals surface area contributed by atoms with E-state index in [0.717, 1.165) is 47.2 Å². The second-order valence-corrected chi connectivity index (χ2v) is 11.2. The van der Waals surface area contributed by atoms with Crippen LogP contribution in [-0.2, 0) is 13.1 Å². The molecule has 1 fully saturated rings. The molecule has 7 nitrogen and oxygen atoms in total. The van der Waals surface area contributed by atoms with E-state index in [9.17, 15) is 4.79 Å². The van der Waals surface area contributed by atoms with Crippen LogP contribution >= 0.6 is 11.3 Å². The van der Waals surface area contributed by atoms with E-state index in [1.54, 1.807) is 11.3 Å². The zero-order valence-electron chi connectivity index (χ0n) is 20.8. The first-order chi connectivity index (χ1) is 17.0. The number of benzene rings is 1. The van der Waals surface area contributed by atoms with Gasteiger partial charge in [0.1, 0.15) is 0 Å². The Hall–Kier alpha value is -2.84. The van der Waals surface area contributed by atoms with Crippen LogP contribution in [-0.4, -0.2) is 30.1 Å². The summed E-state index contributed by atoms with van der Waals surface area (Å²) in [6.45, 7) is 7.75. The Bertz CT molecular complexity index is 1320. The highest BCUT2D eigenvalue weighted by Gasteiger charge is 2.32. The quantitative estimate of drug-likeness (QED) is 0.338. The molecule has 4 aromatic rings. The van der Waals surface area contributed by atoms with Gasteiger partial charge >= 0.3 is 0 Å². The molecule has 1 aromatic carbocycles. The molecule has 1 aliphatic carbocycles. The molecule has 8 heteroatoms. The Morgan fingerprint density at radius 2 is 1.97 bits per heavy atom. The number of thiophene rings is 1. The molecule has 0 aliphatic heterocycles. The maximum Gasteiger partial charge on any atom is 0.252 e. The molecule has 1 saturated carbocycles. The van der Waals surface area contributed by atoms with E-state index >= 15 is 0 Å². The number of aromatic amines is 1. The smallest absolute Gasteiger partial charge is 0.252 e. The van der Waals surface area contributed by atoms with E-state index in [1.165, 1.54) is 24.1 Å². The molecule has 3 heterocycles. The van der Waals surface area contributed by atoms with Crippen LogP contribution in [0, 0.1) is 12.8 Å². The SMILES string of the molecule is Cc1ccc2cc(CN(Cc3cccs3)[C@H](c3nnnn3C3CCCCC3)C(C)C)c(=O)[nH]c2c1. The third kappa shape index (κ3) is 5.23. The summed E-state index contributed by atoms with van der Waals surface area (Å²) in [7, 11) is 0. The first kappa shape index (κ1) is 23.9. The molecule has 0 amide bonds. The number of nitrogens with one attached hydrogen (secondary N) is 1. The summed E-state index contributed by atoms with van der Waals surface area (Å²) in [5.74, 6) is 1.18. The molecule has 184 valence electrons. The fourth-order valence-electron chi connectivity index (χ4n) is 5.42. The number of fused-ring (bicyclic) bond motifs is 1. The van der Waals surface area contributed by atoms with E-state index in [2.05, 4.69) is 73.6 Å². The summed E-state index contributed by atoms with van der Waals surface area (Å²) in [6, 6.07) is 12.8. The van der Waals surface area contributed by atoms with Gasteiger partial charge in [-0.3, -0.25) is 9.69 Å². The van der Waals surface area contributed by atoms with Crippen molar-refractivity contribution in [2.75, 3.05) is 0 Å². The van der Waals surface area contributed by atoms with Gasteiger partial charge in [-0.1, -0.05) is 51.3 Å². The second-order valence-electron chi connectivity index (χ2n) is 10.2. The van der Waals surface area contributed by atoms with Gasteiger partial charge in [-0.25, -0.2) is 4.68 Å². The Kier molecular flexibility index (Phi) is 7.11. The van der Waals surface area contributed by atoms with Crippen LogP contribution in [0.2, 0.25) is 0 Å². The van der Waals surface area contributed by atoms with Gasteiger partial charge in [0.05, 0.1) is 12.1 Å². The minimum Gasteiger partial charge on any atom is -0.322 e. The van der Waals surface area contributed by atoms with E-state index in [-0.39, 0.29) is 17.5 Å². The maximum atomic E-state index is 13.2. The Labute approximate surface area is 210 Å². The molecule has 1 atom stereocenters. The Morgan fingerprint density at radius 1 is 1.14 bits per heavy atom. The average Bonchev–Trinajstić information content (AvgIpc) is 3.53. The van der Waals surface area contributed by atoms with Crippen LogP contribution in [0.3, 0.4) is 0 Å². The van der Waals surface area contributed by atoms with Crippen molar-refractivity contribution in [2.45, 2.75) is 78.0 Å². The number of rotatable bonds is 8. The largest absolute Gasteiger partial charge is 0.322 e. The van der Waals surface area contributed by atoms with Crippen LogP contribution < -0.4 is 5.56 Å². The lowest BCUT2D eigenvalue weighted by Crippen LogP contribution is -2.35. The monoisotopic (exact) mass is 490 g/mol. The highest BCUT2D eigenvalue weighted by atomic mass is 32.1. The normalized spacial score (nSPS) is 15.9. The Balaban J connectivity index is 1.54. The van der Waals surface area contributed by atoms with Crippen molar-refractivity contribution in [3.8, 4) is 0 Å². The molecule has 0 spiro atoms. The van der Waals surface area contributed by atoms with E-state index in [4.69, 9.17) is 0 Å². The van der Waals surface area contributed by atoms with Gasteiger partial charge in [0.15, 0.2) is 5.82 Å². The van der Waals surface area contributed by atoms with E-state index in [0.29, 0.717) is 12.6 Å². The summed E-state index contributed by atoms with van der Waals surface area (Å²) in [4.78, 5) is 19.9. The van der Waals surface area contributed by atoms with E-state index in [1.807, 2.05) is 19.1 Å². The number of pyridine rings is 1. The van der Waals surface area contributed by atoms with E-state index < -0.39 is 0 Å². The first-order valence-corrected chi connectivity index (χ1v) is 13.5. The summed E-state index contributed by atoms with van der Waals surface area (Å²) in [5, 5.41) is 16.3. The van der Waals surface area contributed by atoms with Crippen molar-refractivity contribution in [1.82, 2.24) is 30.1 Å². The van der Waals surface area contributed by atoms with Crippen LogP contribution in [0.4, 0.5) is 0 Å².